The maximum absolute atomic E-state index is 10.2. The second kappa shape index (κ2) is 7.72. The van der Waals surface area contributed by atoms with Gasteiger partial charge in [0.25, 0.3) is 0 Å². The van der Waals surface area contributed by atoms with E-state index in [1.165, 1.54) is 11.8 Å². The summed E-state index contributed by atoms with van der Waals surface area (Å²) in [5, 5.41) is 22.8. The highest BCUT2D eigenvalue weighted by Gasteiger charge is 2.19. The van der Waals surface area contributed by atoms with Gasteiger partial charge in [-0.15, -0.1) is 28.4 Å². The van der Waals surface area contributed by atoms with E-state index in [0.29, 0.717) is 33.8 Å². The van der Waals surface area contributed by atoms with E-state index >= 15 is 0 Å². The number of nitrogens with zero attached hydrogens (tertiary/aromatic N) is 4. The Morgan fingerprint density at radius 1 is 1.40 bits per heavy atom. The van der Waals surface area contributed by atoms with Crippen molar-refractivity contribution in [1.29, 1.82) is 0 Å². The third-order valence-electron chi connectivity index (χ3n) is 4.23. The number of nitrogens with one attached hydrogen (secondary N) is 1. The number of phenolic OH excluding ortho intramolecular Hbond substituents is 1. The molecule has 1 saturated heterocycles. The number of aromatic hydroxyl groups is 1. The van der Waals surface area contributed by atoms with Crippen LogP contribution in [-0.2, 0) is 0 Å². The predicted octanol–water partition coefficient (Wildman–Crippen LogP) is 2.45. The zero-order valence-corrected chi connectivity index (χ0v) is 15.2. The molecular formula is C18H21N5OS. The highest BCUT2D eigenvalue weighted by molar-refractivity contribution is 7.98. The molecule has 0 radical (unpaired) electrons. The summed E-state index contributed by atoms with van der Waals surface area (Å²) in [6.07, 6.45) is 9.55. The van der Waals surface area contributed by atoms with E-state index in [4.69, 9.17) is 6.42 Å². The van der Waals surface area contributed by atoms with Crippen LogP contribution < -0.4 is 5.32 Å². The number of piperidine rings is 1. The first-order chi connectivity index (χ1) is 12.1. The molecule has 0 saturated carbocycles. The van der Waals surface area contributed by atoms with Crippen LogP contribution in [0.25, 0.3) is 11.3 Å². The molecule has 7 heteroatoms. The Labute approximate surface area is 152 Å². The van der Waals surface area contributed by atoms with Gasteiger partial charge in [-0.25, -0.2) is 4.98 Å². The van der Waals surface area contributed by atoms with Crippen molar-refractivity contribution in [2.75, 3.05) is 31.7 Å². The molecule has 0 aliphatic carbocycles. The lowest BCUT2D eigenvalue weighted by molar-refractivity contribution is 0.260. The number of likely N-dealkylation sites (N-methyl/N-ethyl adjacent to an activating group) is 1. The molecule has 130 valence electrons. The number of phenols is 1. The normalized spacial score (nSPS) is 17.9. The number of likely N-dealkylation sites (tertiary alicyclic amines) is 1. The first-order valence-corrected chi connectivity index (χ1v) is 9.37. The Hall–Kier alpha value is -2.30. The van der Waals surface area contributed by atoms with Gasteiger partial charge >= 0.3 is 0 Å². The molecule has 0 spiro atoms. The molecule has 1 aromatic heterocycles. The van der Waals surface area contributed by atoms with Gasteiger partial charge in [-0.2, -0.15) is 0 Å². The Morgan fingerprint density at radius 3 is 2.92 bits per heavy atom. The van der Waals surface area contributed by atoms with Crippen molar-refractivity contribution in [2.45, 2.75) is 23.9 Å². The van der Waals surface area contributed by atoms with Gasteiger partial charge in [0.1, 0.15) is 16.5 Å². The minimum Gasteiger partial charge on any atom is -0.507 e. The molecule has 6 nitrogen and oxygen atoms in total. The minimum absolute atomic E-state index is 0.0801. The van der Waals surface area contributed by atoms with Gasteiger partial charge in [0.05, 0.1) is 0 Å². The van der Waals surface area contributed by atoms with Crippen LogP contribution in [0.15, 0.2) is 23.2 Å². The summed E-state index contributed by atoms with van der Waals surface area (Å²) in [6.45, 7) is 2.09. The number of rotatable bonds is 4. The molecule has 2 aromatic rings. The fourth-order valence-corrected chi connectivity index (χ4v) is 3.49. The second-order valence-corrected chi connectivity index (χ2v) is 6.91. The zero-order valence-electron chi connectivity index (χ0n) is 14.4. The van der Waals surface area contributed by atoms with Gasteiger partial charge in [-0.05, 0) is 50.9 Å². The third kappa shape index (κ3) is 4.03. The van der Waals surface area contributed by atoms with Crippen molar-refractivity contribution in [3.05, 3.63) is 23.8 Å². The molecular weight excluding hydrogens is 334 g/mol. The fourth-order valence-electron chi connectivity index (χ4n) is 2.97. The van der Waals surface area contributed by atoms with Crippen LogP contribution in [0.3, 0.4) is 0 Å². The van der Waals surface area contributed by atoms with E-state index < -0.39 is 0 Å². The number of hydrogen-bond donors (Lipinski definition) is 2. The van der Waals surface area contributed by atoms with Gasteiger partial charge in [0.2, 0.25) is 5.95 Å². The lowest BCUT2D eigenvalue weighted by Gasteiger charge is -2.30. The molecule has 1 aromatic carbocycles. The summed E-state index contributed by atoms with van der Waals surface area (Å²) in [4.78, 5) is 6.87. The summed E-state index contributed by atoms with van der Waals surface area (Å²) < 4.78 is 0. The minimum atomic E-state index is 0.0801. The van der Waals surface area contributed by atoms with E-state index in [1.807, 2.05) is 6.26 Å². The second-order valence-electron chi connectivity index (χ2n) is 6.12. The predicted molar refractivity (Wildman–Crippen MR) is 101 cm³/mol. The number of terminal acetylenes is 1. The van der Waals surface area contributed by atoms with E-state index in [0.717, 1.165) is 25.9 Å². The van der Waals surface area contributed by atoms with Gasteiger partial charge in [-0.1, -0.05) is 5.92 Å². The maximum Gasteiger partial charge on any atom is 0.244 e. The van der Waals surface area contributed by atoms with Crippen LogP contribution in [0.2, 0.25) is 0 Å². The standard InChI is InChI=1S/C18H21N5OS/c1-4-12-7-8-14(15(24)10-12)16-17(25-3)20-18(22-21-16)19-13-6-5-9-23(2)11-13/h1,7-8,10,13,24H,5-6,9,11H2,2-3H3,(H,19,20,22). The highest BCUT2D eigenvalue weighted by atomic mass is 32.2. The number of benzene rings is 1. The Balaban J connectivity index is 1.86. The number of hydrogen-bond acceptors (Lipinski definition) is 7. The molecule has 1 unspecified atom stereocenters. The van der Waals surface area contributed by atoms with Crippen molar-refractivity contribution >= 4 is 17.7 Å². The van der Waals surface area contributed by atoms with E-state index in [-0.39, 0.29) is 5.75 Å². The van der Waals surface area contributed by atoms with Crippen molar-refractivity contribution in [3.8, 4) is 29.4 Å². The quantitative estimate of drug-likeness (QED) is 0.644. The van der Waals surface area contributed by atoms with Crippen molar-refractivity contribution in [3.63, 3.8) is 0 Å². The molecule has 2 N–H and O–H groups in total. The van der Waals surface area contributed by atoms with Crippen LogP contribution >= 0.6 is 11.8 Å². The molecule has 1 atom stereocenters. The topological polar surface area (TPSA) is 74.2 Å². The summed E-state index contributed by atoms with van der Waals surface area (Å²) in [5.74, 6) is 3.10. The van der Waals surface area contributed by atoms with E-state index in [2.05, 4.69) is 38.4 Å². The van der Waals surface area contributed by atoms with Crippen LogP contribution in [0, 0.1) is 12.3 Å². The first-order valence-electron chi connectivity index (χ1n) is 8.14. The van der Waals surface area contributed by atoms with Gasteiger partial charge in [0, 0.05) is 23.7 Å². The summed E-state index contributed by atoms with van der Waals surface area (Å²) in [5.41, 5.74) is 1.75. The SMILES string of the molecule is C#Cc1ccc(-c2nnc(NC3CCCN(C)C3)nc2SC)c(O)c1. The molecule has 0 bridgehead atoms. The number of anilines is 1. The average Bonchev–Trinajstić information content (AvgIpc) is 2.62. The number of aromatic nitrogens is 3. The monoisotopic (exact) mass is 355 g/mol. The van der Waals surface area contributed by atoms with Crippen LogP contribution in [0.5, 0.6) is 5.75 Å². The lowest BCUT2D eigenvalue weighted by atomic mass is 10.1. The number of thioether (sulfide) groups is 1. The third-order valence-corrected chi connectivity index (χ3v) is 4.90. The maximum atomic E-state index is 10.2. The molecule has 3 rings (SSSR count). The van der Waals surface area contributed by atoms with Crippen LogP contribution in [-0.4, -0.2) is 57.6 Å². The molecule has 2 heterocycles. The molecule has 25 heavy (non-hydrogen) atoms. The fraction of sp³-hybridized carbons (Fsp3) is 0.389. The Bertz CT molecular complexity index is 805. The Morgan fingerprint density at radius 2 is 2.24 bits per heavy atom. The van der Waals surface area contributed by atoms with Crippen molar-refractivity contribution in [1.82, 2.24) is 20.1 Å². The smallest absolute Gasteiger partial charge is 0.244 e. The van der Waals surface area contributed by atoms with Gasteiger partial charge in [-0.3, -0.25) is 0 Å². The average molecular weight is 355 g/mol. The van der Waals surface area contributed by atoms with E-state index in [1.54, 1.807) is 18.2 Å². The first kappa shape index (κ1) is 17.5. The zero-order chi connectivity index (χ0) is 17.8. The molecule has 1 aliphatic rings. The molecule has 1 aliphatic heterocycles. The largest absolute Gasteiger partial charge is 0.507 e. The van der Waals surface area contributed by atoms with Crippen LogP contribution in [0.4, 0.5) is 5.95 Å². The van der Waals surface area contributed by atoms with Gasteiger partial charge < -0.3 is 15.3 Å². The lowest BCUT2D eigenvalue weighted by Crippen LogP contribution is -2.40. The molecule has 0 amide bonds. The van der Waals surface area contributed by atoms with Gasteiger partial charge in [0.15, 0.2) is 0 Å². The summed E-state index contributed by atoms with van der Waals surface area (Å²) in [7, 11) is 2.12. The summed E-state index contributed by atoms with van der Waals surface area (Å²) in [6, 6.07) is 5.39. The van der Waals surface area contributed by atoms with E-state index in [9.17, 15) is 5.11 Å². The Kier molecular flexibility index (Phi) is 5.41. The van der Waals surface area contributed by atoms with Crippen molar-refractivity contribution < 1.29 is 5.11 Å². The summed E-state index contributed by atoms with van der Waals surface area (Å²) >= 11 is 1.47. The molecule has 1 fully saturated rings. The van der Waals surface area contributed by atoms with Crippen molar-refractivity contribution in [2.24, 2.45) is 0 Å². The highest BCUT2D eigenvalue weighted by Crippen LogP contribution is 2.33. The van der Waals surface area contributed by atoms with Crippen LogP contribution in [0.1, 0.15) is 18.4 Å².